The minimum Gasteiger partial charge on any atom is -0.487 e. The topological polar surface area (TPSA) is 62.8 Å². The van der Waals surface area contributed by atoms with Gasteiger partial charge in [-0.25, -0.2) is 4.79 Å². The van der Waals surface area contributed by atoms with Crippen LogP contribution < -0.4 is 15.4 Å². The van der Waals surface area contributed by atoms with Crippen molar-refractivity contribution in [2.75, 3.05) is 45.3 Å². The van der Waals surface area contributed by atoms with Gasteiger partial charge in [0.15, 0.2) is 5.75 Å². The highest BCUT2D eigenvalue weighted by atomic mass is 35.5. The molecule has 0 bridgehead atoms. The van der Waals surface area contributed by atoms with E-state index in [0.717, 1.165) is 25.9 Å². The molecular formula is C17H26ClN3O3. The first kappa shape index (κ1) is 18.8. The molecule has 0 radical (unpaired) electrons. The number of hydrogen-bond acceptors (Lipinski definition) is 4. The molecule has 6 nitrogen and oxygen atoms in total. The second-order valence-corrected chi connectivity index (χ2v) is 6.25. The number of piperidine rings is 1. The Bertz CT molecular complexity index is 534. The number of nitrogens with one attached hydrogen (secondary N) is 2. The summed E-state index contributed by atoms with van der Waals surface area (Å²) in [4.78, 5) is 14.5. The van der Waals surface area contributed by atoms with E-state index in [1.807, 2.05) is 6.92 Å². The lowest BCUT2D eigenvalue weighted by Crippen LogP contribution is -2.44. The average molecular weight is 356 g/mol. The van der Waals surface area contributed by atoms with E-state index in [1.54, 1.807) is 18.2 Å². The first-order valence-corrected chi connectivity index (χ1v) is 8.73. The Balaban J connectivity index is 1.90. The Hall–Kier alpha value is -1.50. The second kappa shape index (κ2) is 9.71. The number of hydrogen-bond donors (Lipinski definition) is 2. The molecule has 0 aromatic heterocycles. The number of rotatable bonds is 7. The molecule has 1 aromatic carbocycles. The molecule has 1 aromatic rings. The number of anilines is 1. The van der Waals surface area contributed by atoms with Crippen LogP contribution >= 0.6 is 11.6 Å². The van der Waals surface area contributed by atoms with E-state index in [4.69, 9.17) is 21.1 Å². The van der Waals surface area contributed by atoms with Crippen LogP contribution in [0.1, 0.15) is 19.8 Å². The number of nitrogens with zero attached hydrogens (tertiary/aromatic N) is 1. The van der Waals surface area contributed by atoms with Crippen molar-refractivity contribution in [3.63, 3.8) is 0 Å². The Morgan fingerprint density at radius 3 is 2.79 bits per heavy atom. The van der Waals surface area contributed by atoms with Gasteiger partial charge in [-0.3, -0.25) is 0 Å². The lowest BCUT2D eigenvalue weighted by molar-refractivity contribution is 0.110. The molecule has 2 amide bonds. The predicted octanol–water partition coefficient (Wildman–Crippen LogP) is 2.97. The third-order valence-electron chi connectivity index (χ3n) is 3.95. The second-order valence-electron chi connectivity index (χ2n) is 5.84. The maximum atomic E-state index is 12.2. The number of amides is 2. The highest BCUT2D eigenvalue weighted by molar-refractivity contribution is 6.32. The van der Waals surface area contributed by atoms with Crippen molar-refractivity contribution >= 4 is 23.3 Å². The monoisotopic (exact) mass is 355 g/mol. The smallest absolute Gasteiger partial charge is 0.319 e. The Kier molecular flexibility index (Phi) is 7.62. The van der Waals surface area contributed by atoms with E-state index in [1.165, 1.54) is 0 Å². The average Bonchev–Trinajstić information content (AvgIpc) is 2.56. The summed E-state index contributed by atoms with van der Waals surface area (Å²) < 4.78 is 10.9. The van der Waals surface area contributed by atoms with Crippen LogP contribution in [0, 0.1) is 0 Å². The molecule has 1 heterocycles. The van der Waals surface area contributed by atoms with Crippen LogP contribution in [0.25, 0.3) is 0 Å². The summed E-state index contributed by atoms with van der Waals surface area (Å²) >= 11 is 6.19. The summed E-state index contributed by atoms with van der Waals surface area (Å²) in [6, 6.07) is 5.25. The third kappa shape index (κ3) is 5.85. The highest BCUT2D eigenvalue weighted by Crippen LogP contribution is 2.32. The summed E-state index contributed by atoms with van der Waals surface area (Å²) in [7, 11) is 2.09. The first-order chi connectivity index (χ1) is 11.6. The van der Waals surface area contributed by atoms with Crippen molar-refractivity contribution in [3.05, 3.63) is 23.2 Å². The molecule has 1 aliphatic rings. The summed E-state index contributed by atoms with van der Waals surface area (Å²) in [5.41, 5.74) is 0.560. The number of benzene rings is 1. The molecule has 0 saturated carbocycles. The standard InChI is InChI=1S/C17H26ClN3O3/c1-3-23-11-12-24-16-14(18)5-4-6-15(16)20-17(22)19-13-7-9-21(2)10-8-13/h4-6,13H,3,7-12H2,1-2H3,(H2,19,20,22). The van der Waals surface area contributed by atoms with Gasteiger partial charge in [0.2, 0.25) is 0 Å². The van der Waals surface area contributed by atoms with E-state index in [2.05, 4.69) is 22.6 Å². The van der Waals surface area contributed by atoms with Crippen molar-refractivity contribution in [2.45, 2.75) is 25.8 Å². The van der Waals surface area contributed by atoms with Crippen molar-refractivity contribution in [3.8, 4) is 5.75 Å². The zero-order valence-electron chi connectivity index (χ0n) is 14.3. The van der Waals surface area contributed by atoms with Gasteiger partial charge in [0.05, 0.1) is 17.3 Å². The van der Waals surface area contributed by atoms with Crippen LogP contribution in [0.15, 0.2) is 18.2 Å². The van der Waals surface area contributed by atoms with E-state index < -0.39 is 0 Å². The molecule has 2 N–H and O–H groups in total. The Morgan fingerprint density at radius 1 is 1.33 bits per heavy atom. The van der Waals surface area contributed by atoms with E-state index >= 15 is 0 Å². The Labute approximate surface area is 148 Å². The maximum absolute atomic E-state index is 12.2. The van der Waals surface area contributed by atoms with Gasteiger partial charge in [-0.05, 0) is 52.0 Å². The number of carbonyl (C=O) groups is 1. The number of urea groups is 1. The van der Waals surface area contributed by atoms with Gasteiger partial charge in [-0.2, -0.15) is 0 Å². The summed E-state index contributed by atoms with van der Waals surface area (Å²) in [6.07, 6.45) is 1.91. The molecular weight excluding hydrogens is 330 g/mol. The van der Waals surface area contributed by atoms with Gasteiger partial charge in [0.25, 0.3) is 0 Å². The molecule has 2 rings (SSSR count). The maximum Gasteiger partial charge on any atom is 0.319 e. The summed E-state index contributed by atoms with van der Waals surface area (Å²) in [5, 5.41) is 6.31. The predicted molar refractivity (Wildman–Crippen MR) is 96.1 cm³/mol. The number of halogens is 1. The van der Waals surface area contributed by atoms with E-state index in [0.29, 0.717) is 36.3 Å². The van der Waals surface area contributed by atoms with Crippen molar-refractivity contribution in [2.24, 2.45) is 0 Å². The fraction of sp³-hybridized carbons (Fsp3) is 0.588. The molecule has 0 spiro atoms. The molecule has 0 aliphatic carbocycles. The molecule has 0 atom stereocenters. The van der Waals surface area contributed by atoms with E-state index in [9.17, 15) is 4.79 Å². The number of likely N-dealkylation sites (tertiary alicyclic amines) is 1. The molecule has 1 fully saturated rings. The van der Waals surface area contributed by atoms with Gasteiger partial charge >= 0.3 is 6.03 Å². The van der Waals surface area contributed by atoms with Crippen molar-refractivity contribution in [1.29, 1.82) is 0 Å². The van der Waals surface area contributed by atoms with Crippen LogP contribution in [-0.4, -0.2) is 56.9 Å². The minimum absolute atomic E-state index is 0.197. The normalized spacial score (nSPS) is 16.0. The molecule has 134 valence electrons. The van der Waals surface area contributed by atoms with Crippen molar-refractivity contribution < 1.29 is 14.3 Å². The molecule has 24 heavy (non-hydrogen) atoms. The van der Waals surface area contributed by atoms with Gasteiger partial charge in [-0.1, -0.05) is 17.7 Å². The van der Waals surface area contributed by atoms with Crippen molar-refractivity contribution in [1.82, 2.24) is 10.2 Å². The van der Waals surface area contributed by atoms with Gasteiger partial charge < -0.3 is 25.0 Å². The highest BCUT2D eigenvalue weighted by Gasteiger charge is 2.19. The Morgan fingerprint density at radius 2 is 2.08 bits per heavy atom. The largest absolute Gasteiger partial charge is 0.487 e. The number of para-hydroxylation sites is 1. The fourth-order valence-corrected chi connectivity index (χ4v) is 2.83. The third-order valence-corrected chi connectivity index (χ3v) is 4.24. The fourth-order valence-electron chi connectivity index (χ4n) is 2.60. The molecule has 7 heteroatoms. The molecule has 1 aliphatic heterocycles. The molecule has 1 saturated heterocycles. The van der Waals surface area contributed by atoms with Gasteiger partial charge in [0, 0.05) is 12.6 Å². The minimum atomic E-state index is -0.235. The molecule has 0 unspecified atom stereocenters. The SMILES string of the molecule is CCOCCOc1c(Cl)cccc1NC(=O)NC1CCN(C)CC1. The van der Waals surface area contributed by atoms with E-state index in [-0.39, 0.29) is 12.1 Å². The first-order valence-electron chi connectivity index (χ1n) is 8.35. The van der Waals surface area contributed by atoms with Crippen LogP contribution in [-0.2, 0) is 4.74 Å². The van der Waals surface area contributed by atoms with Gasteiger partial charge in [0.1, 0.15) is 6.61 Å². The lowest BCUT2D eigenvalue weighted by atomic mass is 10.1. The zero-order valence-corrected chi connectivity index (χ0v) is 15.1. The lowest BCUT2D eigenvalue weighted by Gasteiger charge is -2.29. The van der Waals surface area contributed by atoms with Gasteiger partial charge in [-0.15, -0.1) is 0 Å². The number of carbonyl (C=O) groups excluding carboxylic acids is 1. The summed E-state index contributed by atoms with van der Waals surface area (Å²) in [5.74, 6) is 0.470. The van der Waals surface area contributed by atoms with Crippen LogP contribution in [0.3, 0.4) is 0 Å². The number of ether oxygens (including phenoxy) is 2. The quantitative estimate of drug-likeness (QED) is 0.738. The van der Waals surface area contributed by atoms with Crippen LogP contribution in [0.2, 0.25) is 5.02 Å². The summed E-state index contributed by atoms with van der Waals surface area (Å²) in [6.45, 7) is 5.40. The zero-order chi connectivity index (χ0) is 17.4. The van der Waals surface area contributed by atoms with Crippen LogP contribution in [0.4, 0.5) is 10.5 Å². The van der Waals surface area contributed by atoms with Crippen LogP contribution in [0.5, 0.6) is 5.75 Å².